The highest BCUT2D eigenvalue weighted by atomic mass is 28.2. The maximum atomic E-state index is 2.31. The van der Waals surface area contributed by atoms with Crippen molar-refractivity contribution in [3.05, 3.63) is 42.5 Å². The minimum atomic E-state index is -0.0333. The molecule has 72 valence electrons. The van der Waals surface area contributed by atoms with Crippen LogP contribution in [-0.4, -0.2) is 9.52 Å². The highest BCUT2D eigenvalue weighted by Crippen LogP contribution is 2.10. The van der Waals surface area contributed by atoms with Crippen molar-refractivity contribution in [1.29, 1.82) is 0 Å². The van der Waals surface area contributed by atoms with Gasteiger partial charge in [-0.2, -0.15) is 0 Å². The molecule has 1 heteroatoms. The molecule has 0 N–H and O–H groups in total. The van der Waals surface area contributed by atoms with E-state index in [0.29, 0.717) is 0 Å². The van der Waals surface area contributed by atoms with Gasteiger partial charge in [0.15, 0.2) is 0 Å². The Labute approximate surface area is 87.8 Å². The van der Waals surface area contributed by atoms with E-state index in [-0.39, 0.29) is 9.52 Å². The molecular weight excluding hydrogens is 184 g/mol. The summed E-state index contributed by atoms with van der Waals surface area (Å²) >= 11 is 0. The summed E-state index contributed by atoms with van der Waals surface area (Å²) in [6.07, 6.45) is 1.33. The van der Waals surface area contributed by atoms with E-state index < -0.39 is 0 Å². The second kappa shape index (κ2) is 4.42. The minimum Gasteiger partial charge on any atom is -0.0657 e. The summed E-state index contributed by atoms with van der Waals surface area (Å²) < 4.78 is 0. The zero-order valence-corrected chi connectivity index (χ0v) is 10.1. The zero-order valence-electron chi connectivity index (χ0n) is 8.66. The van der Waals surface area contributed by atoms with Gasteiger partial charge < -0.3 is 0 Å². The van der Waals surface area contributed by atoms with E-state index in [0.717, 1.165) is 0 Å². The van der Waals surface area contributed by atoms with Crippen LogP contribution in [0.25, 0.3) is 10.8 Å². The number of benzene rings is 2. The van der Waals surface area contributed by atoms with Crippen molar-refractivity contribution in [2.24, 2.45) is 0 Å². The van der Waals surface area contributed by atoms with Gasteiger partial charge >= 0.3 is 0 Å². The first-order chi connectivity index (χ1) is 6.92. The van der Waals surface area contributed by atoms with Crippen LogP contribution in [0.1, 0.15) is 13.3 Å². The van der Waals surface area contributed by atoms with Crippen LogP contribution < -0.4 is 5.19 Å². The smallest absolute Gasteiger partial charge is 0.0555 e. The van der Waals surface area contributed by atoms with Gasteiger partial charge in [-0.05, 0) is 10.8 Å². The van der Waals surface area contributed by atoms with E-state index in [1.54, 1.807) is 5.19 Å². The predicted octanol–water partition coefficient (Wildman–Crippen LogP) is 2.46. The maximum absolute atomic E-state index is 2.31. The van der Waals surface area contributed by atoms with Gasteiger partial charge in [0.05, 0.1) is 9.52 Å². The second-order valence-electron chi connectivity index (χ2n) is 3.74. The molecule has 0 saturated carbocycles. The number of fused-ring (bicyclic) bond motifs is 1. The lowest BCUT2D eigenvalue weighted by Gasteiger charge is -2.04. The summed E-state index contributed by atoms with van der Waals surface area (Å²) in [5.41, 5.74) is 0. The molecule has 0 bridgehead atoms. The third-order valence-corrected chi connectivity index (χ3v) is 4.90. The van der Waals surface area contributed by atoms with Crippen LogP contribution in [0.4, 0.5) is 0 Å². The van der Waals surface area contributed by atoms with Gasteiger partial charge in [0.1, 0.15) is 0 Å². The van der Waals surface area contributed by atoms with E-state index in [4.69, 9.17) is 0 Å². The van der Waals surface area contributed by atoms with Gasteiger partial charge in [-0.3, -0.25) is 0 Å². The molecule has 2 aromatic carbocycles. The molecule has 0 nitrogen and oxygen atoms in total. The van der Waals surface area contributed by atoms with Crippen molar-refractivity contribution in [3.8, 4) is 0 Å². The molecule has 0 unspecified atom stereocenters. The molecule has 2 rings (SSSR count). The Kier molecular flexibility index (Phi) is 2.99. The van der Waals surface area contributed by atoms with Gasteiger partial charge in [-0.15, -0.1) is 0 Å². The Bertz CT molecular complexity index is 415. The van der Waals surface area contributed by atoms with Crippen LogP contribution in [0.2, 0.25) is 6.04 Å². The van der Waals surface area contributed by atoms with E-state index >= 15 is 0 Å². The van der Waals surface area contributed by atoms with Crippen molar-refractivity contribution in [2.45, 2.75) is 19.4 Å². The quantitative estimate of drug-likeness (QED) is 0.668. The molecule has 0 radical (unpaired) electrons. The Morgan fingerprint density at radius 1 is 1.00 bits per heavy atom. The first-order valence-corrected chi connectivity index (χ1v) is 7.09. The van der Waals surface area contributed by atoms with Crippen molar-refractivity contribution in [3.63, 3.8) is 0 Å². The largest absolute Gasteiger partial charge is 0.0657 e. The monoisotopic (exact) mass is 200 g/mol. The molecule has 0 aliphatic carbocycles. The first kappa shape index (κ1) is 9.47. The number of rotatable bonds is 3. The maximum Gasteiger partial charge on any atom is 0.0555 e. The highest BCUT2D eigenvalue weighted by Gasteiger charge is 1.98. The zero-order chi connectivity index (χ0) is 9.80. The van der Waals surface area contributed by atoms with Gasteiger partial charge in [-0.1, -0.05) is 67.0 Å². The Hall–Kier alpha value is -1.08. The summed E-state index contributed by atoms with van der Waals surface area (Å²) in [6.45, 7) is 2.28. The third-order valence-electron chi connectivity index (χ3n) is 2.68. The normalized spacial score (nSPS) is 11.5. The molecular formula is C13H16Si. The highest BCUT2D eigenvalue weighted by molar-refractivity contribution is 6.57. The van der Waals surface area contributed by atoms with Crippen molar-refractivity contribution < 1.29 is 0 Å². The van der Waals surface area contributed by atoms with Crippen LogP contribution in [0.15, 0.2) is 42.5 Å². The fraction of sp³-hybridized carbons (Fsp3) is 0.231. The molecule has 0 aliphatic rings. The SMILES string of the molecule is CCC[SiH2]c1cccc2ccccc12. The number of hydrogen-bond acceptors (Lipinski definition) is 0. The molecule has 0 aliphatic heterocycles. The van der Waals surface area contributed by atoms with Gasteiger partial charge in [0.25, 0.3) is 0 Å². The summed E-state index contributed by atoms with van der Waals surface area (Å²) in [5, 5.41) is 4.51. The molecule has 2 aromatic rings. The topological polar surface area (TPSA) is 0 Å². The molecule has 0 fully saturated rings. The van der Waals surface area contributed by atoms with E-state index in [1.807, 2.05) is 0 Å². The fourth-order valence-corrected chi connectivity index (χ4v) is 3.51. The third kappa shape index (κ3) is 1.88. The Morgan fingerprint density at radius 3 is 2.64 bits per heavy atom. The van der Waals surface area contributed by atoms with Crippen LogP contribution in [0, 0.1) is 0 Å². The van der Waals surface area contributed by atoms with Crippen LogP contribution in [0.5, 0.6) is 0 Å². The standard InChI is InChI=1S/C13H16Si/c1-2-10-14-13-9-5-7-11-6-3-4-8-12(11)13/h3-9H,2,10,14H2,1H3. The van der Waals surface area contributed by atoms with Crippen LogP contribution >= 0.6 is 0 Å². The van der Waals surface area contributed by atoms with Crippen LogP contribution in [0.3, 0.4) is 0 Å². The predicted molar refractivity (Wildman–Crippen MR) is 67.2 cm³/mol. The lowest BCUT2D eigenvalue weighted by molar-refractivity contribution is 1.08. The summed E-state index contributed by atoms with van der Waals surface area (Å²) in [7, 11) is -0.0333. The number of hydrogen-bond donors (Lipinski definition) is 0. The Balaban J connectivity index is 2.43. The lowest BCUT2D eigenvalue weighted by Crippen LogP contribution is -2.13. The Morgan fingerprint density at radius 2 is 1.79 bits per heavy atom. The summed E-state index contributed by atoms with van der Waals surface area (Å²) in [5.74, 6) is 0. The molecule has 0 spiro atoms. The molecule has 0 aromatic heterocycles. The van der Waals surface area contributed by atoms with Crippen molar-refractivity contribution >= 4 is 25.5 Å². The summed E-state index contributed by atoms with van der Waals surface area (Å²) in [4.78, 5) is 0. The van der Waals surface area contributed by atoms with Gasteiger partial charge in [0, 0.05) is 0 Å². The second-order valence-corrected chi connectivity index (χ2v) is 5.71. The van der Waals surface area contributed by atoms with Crippen molar-refractivity contribution in [1.82, 2.24) is 0 Å². The van der Waals surface area contributed by atoms with Crippen LogP contribution in [-0.2, 0) is 0 Å². The van der Waals surface area contributed by atoms with E-state index in [1.165, 1.54) is 23.2 Å². The molecule has 14 heavy (non-hydrogen) atoms. The lowest BCUT2D eigenvalue weighted by atomic mass is 10.1. The van der Waals surface area contributed by atoms with Gasteiger partial charge in [-0.25, -0.2) is 0 Å². The van der Waals surface area contributed by atoms with Gasteiger partial charge in [0.2, 0.25) is 0 Å². The molecule has 0 amide bonds. The average Bonchev–Trinajstić information content (AvgIpc) is 2.26. The molecule has 0 saturated heterocycles. The summed E-state index contributed by atoms with van der Waals surface area (Å²) in [6, 6.07) is 16.9. The fourth-order valence-electron chi connectivity index (χ4n) is 1.88. The molecule has 0 atom stereocenters. The molecule has 0 heterocycles. The van der Waals surface area contributed by atoms with E-state index in [2.05, 4.69) is 49.4 Å². The van der Waals surface area contributed by atoms with E-state index in [9.17, 15) is 0 Å². The average molecular weight is 200 g/mol. The minimum absolute atomic E-state index is 0.0333. The first-order valence-electron chi connectivity index (χ1n) is 5.38. The van der Waals surface area contributed by atoms with Crippen molar-refractivity contribution in [2.75, 3.05) is 0 Å².